The Balaban J connectivity index is 2.01. The lowest BCUT2D eigenvalue weighted by molar-refractivity contribution is 0.312. The molecule has 23 heavy (non-hydrogen) atoms. The molecule has 0 radical (unpaired) electrons. The molecule has 0 spiro atoms. The molecule has 2 rings (SSSR count). The van der Waals surface area contributed by atoms with Crippen molar-refractivity contribution in [1.29, 1.82) is 0 Å². The second-order valence-electron chi connectivity index (χ2n) is 6.99. The Bertz CT molecular complexity index is 481. The quantitative estimate of drug-likeness (QED) is 0.487. The molecule has 128 valence electrons. The summed E-state index contributed by atoms with van der Waals surface area (Å²) < 4.78 is 5.93. The van der Waals surface area contributed by atoms with Gasteiger partial charge in [0.2, 0.25) is 0 Å². The fraction of sp³-hybridized carbons (Fsp3) is 0.636. The van der Waals surface area contributed by atoms with Crippen molar-refractivity contribution in [2.45, 2.75) is 78.1 Å². The van der Waals surface area contributed by atoms with E-state index in [4.69, 9.17) is 4.74 Å². The summed E-state index contributed by atoms with van der Waals surface area (Å²) in [5.74, 6) is 2.77. The highest BCUT2D eigenvalue weighted by Crippen LogP contribution is 2.38. The first-order chi connectivity index (χ1) is 11.3. The molecular weight excluding hydrogens is 280 g/mol. The molecule has 1 nitrogen and oxygen atoms in total. The first-order valence-corrected chi connectivity index (χ1v) is 9.65. The van der Waals surface area contributed by atoms with E-state index in [1.54, 1.807) is 5.56 Å². The topological polar surface area (TPSA) is 9.23 Å². The molecule has 1 heteroatoms. The summed E-state index contributed by atoms with van der Waals surface area (Å²) in [5.41, 5.74) is 2.95. The summed E-state index contributed by atoms with van der Waals surface area (Å²) in [6.07, 6.45) is 14.6. The minimum absolute atomic E-state index is 0.757. The zero-order valence-electron chi connectivity index (χ0n) is 15.3. The highest BCUT2D eigenvalue weighted by atomic mass is 16.5. The third-order valence-corrected chi connectivity index (χ3v) is 5.09. The average molecular weight is 315 g/mol. The summed E-state index contributed by atoms with van der Waals surface area (Å²) in [6.45, 7) is 7.37. The van der Waals surface area contributed by atoms with Crippen molar-refractivity contribution < 1.29 is 4.74 Å². The Morgan fingerprint density at radius 2 is 1.87 bits per heavy atom. The van der Waals surface area contributed by atoms with Gasteiger partial charge in [0, 0.05) is 0 Å². The van der Waals surface area contributed by atoms with Gasteiger partial charge in [0.15, 0.2) is 0 Å². The van der Waals surface area contributed by atoms with Crippen LogP contribution in [0.15, 0.2) is 30.4 Å². The Morgan fingerprint density at radius 3 is 2.52 bits per heavy atom. The molecular formula is C22H34O. The fourth-order valence-electron chi connectivity index (χ4n) is 3.73. The van der Waals surface area contributed by atoms with Crippen LogP contribution >= 0.6 is 0 Å². The van der Waals surface area contributed by atoms with Crippen LogP contribution in [0.25, 0.3) is 0 Å². The standard InChI is InChI=1S/C22H34O/c1-4-7-9-18-10-12-19(13-11-18)20-14-15-22(23-16-6-3)21(17-20)8-5-2/h4,7,14-15,17-19H,5-6,8-13,16H2,1-3H3/b7-4+. The summed E-state index contributed by atoms with van der Waals surface area (Å²) >= 11 is 0. The number of benzene rings is 1. The summed E-state index contributed by atoms with van der Waals surface area (Å²) in [6, 6.07) is 6.98. The van der Waals surface area contributed by atoms with Crippen molar-refractivity contribution in [3.05, 3.63) is 41.5 Å². The lowest BCUT2D eigenvalue weighted by Gasteiger charge is -2.28. The van der Waals surface area contributed by atoms with Crippen LogP contribution in [0, 0.1) is 5.92 Å². The molecule has 0 bridgehead atoms. The first-order valence-electron chi connectivity index (χ1n) is 9.65. The van der Waals surface area contributed by atoms with Gasteiger partial charge in [0.25, 0.3) is 0 Å². The van der Waals surface area contributed by atoms with E-state index in [0.29, 0.717) is 0 Å². The second-order valence-corrected chi connectivity index (χ2v) is 6.99. The van der Waals surface area contributed by atoms with E-state index < -0.39 is 0 Å². The van der Waals surface area contributed by atoms with Gasteiger partial charge in [-0.2, -0.15) is 0 Å². The second kappa shape index (κ2) is 9.80. The molecule has 0 heterocycles. The minimum Gasteiger partial charge on any atom is -0.493 e. The lowest BCUT2D eigenvalue weighted by atomic mass is 9.77. The van der Waals surface area contributed by atoms with E-state index >= 15 is 0 Å². The molecule has 0 aromatic heterocycles. The number of hydrogen-bond acceptors (Lipinski definition) is 1. The van der Waals surface area contributed by atoms with Crippen LogP contribution in [0.2, 0.25) is 0 Å². The smallest absolute Gasteiger partial charge is 0.122 e. The molecule has 0 unspecified atom stereocenters. The molecule has 1 fully saturated rings. The van der Waals surface area contributed by atoms with Crippen LogP contribution < -0.4 is 4.74 Å². The molecule has 1 aliphatic carbocycles. The third-order valence-electron chi connectivity index (χ3n) is 5.09. The third kappa shape index (κ3) is 5.41. The highest BCUT2D eigenvalue weighted by Gasteiger charge is 2.22. The molecule has 0 N–H and O–H groups in total. The molecule has 0 atom stereocenters. The van der Waals surface area contributed by atoms with Gasteiger partial charge in [0.05, 0.1) is 6.61 Å². The predicted molar refractivity (Wildman–Crippen MR) is 100 cm³/mol. The Hall–Kier alpha value is -1.24. The van der Waals surface area contributed by atoms with Crippen LogP contribution in [0.3, 0.4) is 0 Å². The van der Waals surface area contributed by atoms with Gasteiger partial charge < -0.3 is 4.74 Å². The monoisotopic (exact) mass is 314 g/mol. The van der Waals surface area contributed by atoms with Crippen molar-refractivity contribution in [1.82, 2.24) is 0 Å². The van der Waals surface area contributed by atoms with Crippen molar-refractivity contribution in [2.75, 3.05) is 6.61 Å². The number of aryl methyl sites for hydroxylation is 1. The van der Waals surface area contributed by atoms with Crippen LogP contribution in [0.5, 0.6) is 5.75 Å². The van der Waals surface area contributed by atoms with Crippen LogP contribution in [0.4, 0.5) is 0 Å². The Labute approximate surface area is 143 Å². The minimum atomic E-state index is 0.757. The van der Waals surface area contributed by atoms with Gasteiger partial charge in [-0.25, -0.2) is 0 Å². The predicted octanol–water partition coefficient (Wildman–Crippen LogP) is 6.67. The van der Waals surface area contributed by atoms with Gasteiger partial charge in [-0.15, -0.1) is 0 Å². The molecule has 1 aliphatic rings. The summed E-state index contributed by atoms with van der Waals surface area (Å²) in [4.78, 5) is 0. The molecule has 1 aromatic rings. The Morgan fingerprint density at radius 1 is 1.09 bits per heavy atom. The van der Waals surface area contributed by atoms with E-state index in [-0.39, 0.29) is 0 Å². The van der Waals surface area contributed by atoms with Crippen molar-refractivity contribution in [3.8, 4) is 5.75 Å². The average Bonchev–Trinajstić information content (AvgIpc) is 2.59. The molecule has 0 amide bonds. The Kier molecular flexibility index (Phi) is 7.71. The normalized spacial score (nSPS) is 21.7. The zero-order chi connectivity index (χ0) is 16.5. The van der Waals surface area contributed by atoms with Crippen LogP contribution in [-0.4, -0.2) is 6.61 Å². The van der Waals surface area contributed by atoms with Gasteiger partial charge in [-0.1, -0.05) is 44.6 Å². The summed E-state index contributed by atoms with van der Waals surface area (Å²) in [5, 5.41) is 0. The number of allylic oxidation sites excluding steroid dienone is 2. The maximum atomic E-state index is 5.93. The largest absolute Gasteiger partial charge is 0.493 e. The van der Waals surface area contributed by atoms with Gasteiger partial charge in [0.1, 0.15) is 5.75 Å². The maximum absolute atomic E-state index is 5.93. The van der Waals surface area contributed by atoms with Crippen LogP contribution in [-0.2, 0) is 6.42 Å². The SMILES string of the molecule is C/C=C/CC1CCC(c2ccc(OCCC)c(CCC)c2)CC1. The zero-order valence-corrected chi connectivity index (χ0v) is 15.3. The van der Waals surface area contributed by atoms with E-state index in [1.807, 2.05) is 0 Å². The molecule has 1 aromatic carbocycles. The fourth-order valence-corrected chi connectivity index (χ4v) is 3.73. The first kappa shape index (κ1) is 18.1. The van der Waals surface area contributed by atoms with Crippen molar-refractivity contribution in [2.24, 2.45) is 5.92 Å². The lowest BCUT2D eigenvalue weighted by Crippen LogP contribution is -2.13. The van der Waals surface area contributed by atoms with E-state index in [0.717, 1.165) is 37.0 Å². The summed E-state index contributed by atoms with van der Waals surface area (Å²) in [7, 11) is 0. The van der Waals surface area contributed by atoms with Crippen molar-refractivity contribution in [3.63, 3.8) is 0 Å². The molecule has 0 aliphatic heterocycles. The van der Waals surface area contributed by atoms with Gasteiger partial charge in [-0.3, -0.25) is 0 Å². The number of rotatable bonds is 8. The van der Waals surface area contributed by atoms with Gasteiger partial charge >= 0.3 is 0 Å². The van der Waals surface area contributed by atoms with Crippen LogP contribution in [0.1, 0.15) is 82.8 Å². The maximum Gasteiger partial charge on any atom is 0.122 e. The number of hydrogen-bond donors (Lipinski definition) is 0. The van der Waals surface area contributed by atoms with E-state index in [2.05, 4.69) is 51.1 Å². The molecule has 1 saturated carbocycles. The molecule has 0 saturated heterocycles. The highest BCUT2D eigenvalue weighted by molar-refractivity contribution is 5.39. The van der Waals surface area contributed by atoms with Gasteiger partial charge in [-0.05, 0) is 80.9 Å². The number of ether oxygens (including phenoxy) is 1. The van der Waals surface area contributed by atoms with Crippen molar-refractivity contribution >= 4 is 0 Å². The van der Waals surface area contributed by atoms with E-state index in [1.165, 1.54) is 44.1 Å². The van der Waals surface area contributed by atoms with E-state index in [9.17, 15) is 0 Å².